The van der Waals surface area contributed by atoms with E-state index in [9.17, 15) is 0 Å². The van der Waals surface area contributed by atoms with Gasteiger partial charge >= 0.3 is 0 Å². The van der Waals surface area contributed by atoms with E-state index >= 15 is 0 Å². The summed E-state index contributed by atoms with van der Waals surface area (Å²) in [5.74, 6) is 0.816. The van der Waals surface area contributed by atoms with Gasteiger partial charge in [-0.2, -0.15) is 5.10 Å². The van der Waals surface area contributed by atoms with Crippen LogP contribution in [0.15, 0.2) is 35.5 Å². The number of benzene rings is 1. The van der Waals surface area contributed by atoms with Crippen molar-refractivity contribution in [2.45, 2.75) is 33.3 Å². The normalized spacial score (nSPS) is 11.7. The maximum Gasteiger partial charge on any atom is 0.130 e. The van der Waals surface area contributed by atoms with Crippen LogP contribution in [0, 0.1) is 0 Å². The monoisotopic (exact) mass is 287 g/mol. The molecule has 0 aliphatic carbocycles. The summed E-state index contributed by atoms with van der Waals surface area (Å²) in [6.07, 6.45) is 1.56. The number of aromatic nitrogens is 2. The Kier molecular flexibility index (Phi) is 4.98. The minimum absolute atomic E-state index is 0.500. The molecule has 1 heterocycles. The Morgan fingerprint density at radius 1 is 1.33 bits per heavy atom. The maximum absolute atomic E-state index is 8.66. The van der Waals surface area contributed by atoms with Crippen molar-refractivity contribution in [1.82, 2.24) is 9.78 Å². The van der Waals surface area contributed by atoms with Gasteiger partial charge in [0.05, 0.1) is 17.1 Å². The van der Waals surface area contributed by atoms with E-state index < -0.39 is 0 Å². The molecule has 5 heteroatoms. The highest BCUT2D eigenvalue weighted by Gasteiger charge is 2.05. The molecule has 0 amide bonds. The molecule has 0 aliphatic heterocycles. The van der Waals surface area contributed by atoms with E-state index in [2.05, 4.69) is 23.2 Å². The fourth-order valence-corrected chi connectivity index (χ4v) is 2.07. The molecule has 1 N–H and O–H groups in total. The van der Waals surface area contributed by atoms with Gasteiger partial charge in [0.1, 0.15) is 12.4 Å². The van der Waals surface area contributed by atoms with E-state index in [1.165, 1.54) is 0 Å². The molecular weight excluding hydrogens is 266 g/mol. The zero-order chi connectivity index (χ0) is 15.2. The lowest BCUT2D eigenvalue weighted by Crippen LogP contribution is -2.03. The molecule has 1 aromatic carbocycles. The lowest BCUT2D eigenvalue weighted by atomic mass is 10.1. The summed E-state index contributed by atoms with van der Waals surface area (Å²) in [5.41, 5.74) is 3.90. The van der Waals surface area contributed by atoms with Crippen molar-refractivity contribution in [3.8, 4) is 5.75 Å². The number of ether oxygens (including phenoxy) is 1. The summed E-state index contributed by atoms with van der Waals surface area (Å²) >= 11 is 0. The van der Waals surface area contributed by atoms with Crippen LogP contribution in [-0.2, 0) is 26.5 Å². The highest BCUT2D eigenvalue weighted by atomic mass is 16.5. The zero-order valence-corrected chi connectivity index (χ0v) is 12.7. The summed E-state index contributed by atoms with van der Waals surface area (Å²) in [6.45, 7) is 4.38. The van der Waals surface area contributed by atoms with E-state index in [4.69, 9.17) is 9.94 Å². The summed E-state index contributed by atoms with van der Waals surface area (Å²) in [5, 5.41) is 16.2. The zero-order valence-electron chi connectivity index (χ0n) is 12.7. The predicted molar refractivity (Wildman–Crippen MR) is 82.0 cm³/mol. The highest BCUT2D eigenvalue weighted by molar-refractivity contribution is 5.83. The van der Waals surface area contributed by atoms with E-state index in [1.54, 1.807) is 6.92 Å². The van der Waals surface area contributed by atoms with Crippen LogP contribution < -0.4 is 4.74 Å². The highest BCUT2D eigenvalue weighted by Crippen LogP contribution is 2.15. The van der Waals surface area contributed by atoms with Gasteiger partial charge in [-0.3, -0.25) is 4.68 Å². The topological polar surface area (TPSA) is 59.6 Å². The average molecular weight is 287 g/mol. The van der Waals surface area contributed by atoms with Crippen LogP contribution in [0.1, 0.15) is 30.8 Å². The van der Waals surface area contributed by atoms with Crippen LogP contribution in [-0.4, -0.2) is 20.7 Å². The smallest absolute Gasteiger partial charge is 0.130 e. The van der Waals surface area contributed by atoms with Gasteiger partial charge in [0, 0.05) is 13.5 Å². The van der Waals surface area contributed by atoms with Crippen molar-refractivity contribution in [1.29, 1.82) is 0 Å². The van der Waals surface area contributed by atoms with E-state index in [0.717, 1.165) is 29.1 Å². The van der Waals surface area contributed by atoms with Crippen LogP contribution in [0.5, 0.6) is 5.75 Å². The first-order chi connectivity index (χ1) is 10.1. The molecule has 0 saturated carbocycles. The van der Waals surface area contributed by atoms with Gasteiger partial charge in [0.15, 0.2) is 0 Å². The third-order valence-corrected chi connectivity index (χ3v) is 3.33. The fraction of sp³-hybridized carbons (Fsp3) is 0.375. The molecule has 21 heavy (non-hydrogen) atoms. The first-order valence-corrected chi connectivity index (χ1v) is 7.03. The van der Waals surface area contributed by atoms with E-state index in [1.807, 2.05) is 36.0 Å². The number of oxime groups is 1. The maximum atomic E-state index is 8.66. The average Bonchev–Trinajstić information content (AvgIpc) is 2.87. The standard InChI is InChI=1S/C16H21N3O2/c1-4-14-10-15(19(3)17-14)11-21-16-7-5-13(6-8-16)9-12(2)18-20/h5-8,10,20H,4,9,11H2,1-3H3/b18-12+. The number of hydrogen-bond acceptors (Lipinski definition) is 4. The van der Waals surface area contributed by atoms with Crippen LogP contribution in [0.2, 0.25) is 0 Å². The van der Waals surface area contributed by atoms with Gasteiger partial charge < -0.3 is 9.94 Å². The molecule has 0 bridgehead atoms. The van der Waals surface area contributed by atoms with Gasteiger partial charge in [-0.1, -0.05) is 24.2 Å². The minimum Gasteiger partial charge on any atom is -0.487 e. The molecule has 1 aromatic heterocycles. The van der Waals surface area contributed by atoms with Gasteiger partial charge in [0.2, 0.25) is 0 Å². The number of nitrogens with zero attached hydrogens (tertiary/aromatic N) is 3. The SMILES string of the molecule is CCc1cc(COc2ccc(C/C(C)=N/O)cc2)n(C)n1. The van der Waals surface area contributed by atoms with Crippen LogP contribution in [0.3, 0.4) is 0 Å². The number of rotatable bonds is 6. The molecule has 2 aromatic rings. The Hall–Kier alpha value is -2.30. The summed E-state index contributed by atoms with van der Waals surface area (Å²) in [4.78, 5) is 0. The lowest BCUT2D eigenvalue weighted by molar-refractivity contribution is 0.295. The van der Waals surface area contributed by atoms with Crippen molar-refractivity contribution < 1.29 is 9.94 Å². The first-order valence-electron chi connectivity index (χ1n) is 7.03. The molecule has 5 nitrogen and oxygen atoms in total. The quantitative estimate of drug-likeness (QED) is 0.505. The fourth-order valence-electron chi connectivity index (χ4n) is 2.07. The van der Waals surface area contributed by atoms with E-state index in [0.29, 0.717) is 18.7 Å². The van der Waals surface area contributed by atoms with Gasteiger partial charge in [0.25, 0.3) is 0 Å². The van der Waals surface area contributed by atoms with Crippen molar-refractivity contribution in [3.05, 3.63) is 47.3 Å². The van der Waals surface area contributed by atoms with Crippen molar-refractivity contribution in [2.24, 2.45) is 12.2 Å². The molecule has 112 valence electrons. The Morgan fingerprint density at radius 3 is 2.62 bits per heavy atom. The van der Waals surface area contributed by atoms with Crippen LogP contribution in [0.25, 0.3) is 0 Å². The van der Waals surface area contributed by atoms with Crippen molar-refractivity contribution in [3.63, 3.8) is 0 Å². The second kappa shape index (κ2) is 6.92. The Bertz CT molecular complexity index is 615. The third-order valence-electron chi connectivity index (χ3n) is 3.33. The van der Waals surface area contributed by atoms with E-state index in [-0.39, 0.29) is 0 Å². The van der Waals surface area contributed by atoms with Gasteiger partial charge in [-0.15, -0.1) is 0 Å². The Balaban J connectivity index is 1.95. The third kappa shape index (κ3) is 4.08. The molecule has 0 unspecified atom stereocenters. The number of aryl methyl sites for hydroxylation is 2. The second-order valence-electron chi connectivity index (χ2n) is 5.05. The summed E-state index contributed by atoms with van der Waals surface area (Å²) in [6, 6.07) is 9.87. The lowest BCUT2D eigenvalue weighted by Gasteiger charge is -2.07. The Labute approximate surface area is 124 Å². The molecule has 0 spiro atoms. The molecule has 0 fully saturated rings. The second-order valence-corrected chi connectivity index (χ2v) is 5.05. The minimum atomic E-state index is 0.500. The van der Waals surface area contributed by atoms with Crippen molar-refractivity contribution in [2.75, 3.05) is 0 Å². The van der Waals surface area contributed by atoms with Gasteiger partial charge in [-0.25, -0.2) is 0 Å². The summed E-state index contributed by atoms with van der Waals surface area (Å²) < 4.78 is 7.63. The van der Waals surface area contributed by atoms with Crippen molar-refractivity contribution >= 4 is 5.71 Å². The molecule has 0 saturated heterocycles. The van der Waals surface area contributed by atoms with Gasteiger partial charge in [-0.05, 0) is 37.1 Å². The molecule has 0 atom stereocenters. The van der Waals surface area contributed by atoms with Crippen LogP contribution in [0.4, 0.5) is 0 Å². The molecule has 2 rings (SSSR count). The first kappa shape index (κ1) is 15.1. The number of hydrogen-bond donors (Lipinski definition) is 1. The Morgan fingerprint density at radius 2 is 2.05 bits per heavy atom. The summed E-state index contributed by atoms with van der Waals surface area (Å²) in [7, 11) is 1.93. The van der Waals surface area contributed by atoms with Crippen LogP contribution >= 0.6 is 0 Å². The predicted octanol–water partition coefficient (Wildman–Crippen LogP) is 2.95. The molecule has 0 aliphatic rings. The largest absolute Gasteiger partial charge is 0.487 e. The molecule has 0 radical (unpaired) electrons. The molecular formula is C16H21N3O2.